The lowest BCUT2D eigenvalue weighted by atomic mass is 10.2. The molecule has 1 aromatic rings. The number of nitrogen functional groups attached to an aromatic ring is 1. The lowest BCUT2D eigenvalue weighted by Gasteiger charge is -2.18. The Morgan fingerprint density at radius 2 is 2.30 bits per heavy atom. The number of nitrogens with two attached hydrogens (primary N) is 1. The molecule has 1 aliphatic rings. The van der Waals surface area contributed by atoms with Crippen LogP contribution in [0, 0.1) is 0 Å². The van der Waals surface area contributed by atoms with E-state index < -0.39 is 31.7 Å². The first kappa shape index (κ1) is 18.1. The molecular formula is C12H20N3O7P. The van der Waals surface area contributed by atoms with Crippen LogP contribution in [0.15, 0.2) is 11.0 Å². The minimum Gasteiger partial charge on any atom is -0.391 e. The van der Waals surface area contributed by atoms with Gasteiger partial charge < -0.3 is 29.7 Å². The van der Waals surface area contributed by atoms with Crippen molar-refractivity contribution >= 4 is 13.4 Å². The van der Waals surface area contributed by atoms with Crippen LogP contribution < -0.4 is 11.4 Å². The number of nitrogens with zero attached hydrogens (tertiary/aromatic N) is 2. The van der Waals surface area contributed by atoms with Crippen molar-refractivity contribution in [3.05, 3.63) is 22.2 Å². The Morgan fingerprint density at radius 3 is 2.87 bits per heavy atom. The fraction of sp³-hybridized carbons (Fsp3) is 0.667. The molecule has 4 atom stereocenters. The van der Waals surface area contributed by atoms with Crippen LogP contribution in [-0.4, -0.2) is 52.1 Å². The standard InChI is InChI=1S/C12H20N3O7P/c1-20-8-3-10(22-9(8)6-21-23(2,18)19)15-4-7(5-16)11(13)14-12(15)17/h4,8-10,16H,3,5-6H2,1-2H3,(H,18,19)(H2,13,14,17)/t8-,9+,10+/m0/s1. The van der Waals surface area contributed by atoms with Gasteiger partial charge in [-0.1, -0.05) is 0 Å². The zero-order valence-corrected chi connectivity index (χ0v) is 13.7. The summed E-state index contributed by atoms with van der Waals surface area (Å²) in [5.74, 6) is -0.0397. The largest absolute Gasteiger partial charge is 0.391 e. The Kier molecular flexibility index (Phi) is 5.56. The van der Waals surface area contributed by atoms with E-state index in [4.69, 9.17) is 19.7 Å². The van der Waals surface area contributed by atoms with Crippen molar-refractivity contribution in [1.29, 1.82) is 0 Å². The second kappa shape index (κ2) is 7.08. The zero-order chi connectivity index (χ0) is 17.2. The van der Waals surface area contributed by atoms with Crippen molar-refractivity contribution in [2.45, 2.75) is 31.5 Å². The molecule has 10 nitrogen and oxygen atoms in total. The molecule has 1 fully saturated rings. The van der Waals surface area contributed by atoms with E-state index in [9.17, 15) is 19.4 Å². The zero-order valence-electron chi connectivity index (χ0n) is 12.8. The quantitative estimate of drug-likeness (QED) is 0.576. The topological polar surface area (TPSA) is 146 Å². The van der Waals surface area contributed by atoms with Gasteiger partial charge >= 0.3 is 13.3 Å². The maximum absolute atomic E-state index is 12.0. The number of anilines is 1. The van der Waals surface area contributed by atoms with E-state index in [0.717, 1.165) is 6.66 Å². The normalized spacial score (nSPS) is 27.0. The van der Waals surface area contributed by atoms with E-state index in [1.54, 1.807) is 0 Å². The predicted molar refractivity (Wildman–Crippen MR) is 79.9 cm³/mol. The fourth-order valence-electron chi connectivity index (χ4n) is 2.33. The van der Waals surface area contributed by atoms with E-state index in [-0.39, 0.29) is 19.0 Å². The fourth-order valence-corrected chi connectivity index (χ4v) is 2.75. The van der Waals surface area contributed by atoms with Gasteiger partial charge in [-0.25, -0.2) is 4.79 Å². The summed E-state index contributed by atoms with van der Waals surface area (Å²) in [5, 5.41) is 9.22. The molecule has 0 aliphatic carbocycles. The molecule has 0 amide bonds. The SMILES string of the molecule is CO[C@H]1C[C@H](n2cc(CO)c(N)nc2=O)O[C@@H]1COP(C)(=O)O. The number of methoxy groups -OCH3 is 1. The number of ether oxygens (including phenoxy) is 2. The van der Waals surface area contributed by atoms with Crippen molar-refractivity contribution in [2.24, 2.45) is 0 Å². The van der Waals surface area contributed by atoms with Gasteiger partial charge in [0.15, 0.2) is 0 Å². The van der Waals surface area contributed by atoms with Gasteiger partial charge in [0, 0.05) is 32.0 Å². The number of aromatic nitrogens is 2. The average molecular weight is 349 g/mol. The molecule has 1 saturated heterocycles. The van der Waals surface area contributed by atoms with E-state index in [2.05, 4.69) is 4.98 Å². The van der Waals surface area contributed by atoms with Crippen LogP contribution in [0.2, 0.25) is 0 Å². The molecular weight excluding hydrogens is 329 g/mol. The highest BCUT2D eigenvalue weighted by atomic mass is 31.2. The third-order valence-electron chi connectivity index (χ3n) is 3.50. The second-order valence-electron chi connectivity index (χ2n) is 5.24. The number of aliphatic hydroxyl groups excluding tert-OH is 1. The molecule has 0 saturated carbocycles. The van der Waals surface area contributed by atoms with Crippen molar-refractivity contribution in [1.82, 2.24) is 9.55 Å². The van der Waals surface area contributed by atoms with Gasteiger partial charge in [0.2, 0.25) is 0 Å². The van der Waals surface area contributed by atoms with Gasteiger partial charge in [-0.15, -0.1) is 0 Å². The molecule has 2 rings (SSSR count). The first-order valence-corrected chi connectivity index (χ1v) is 8.89. The first-order chi connectivity index (χ1) is 10.7. The Morgan fingerprint density at radius 1 is 1.61 bits per heavy atom. The third kappa shape index (κ3) is 4.37. The minimum atomic E-state index is -3.64. The molecule has 23 heavy (non-hydrogen) atoms. The maximum Gasteiger partial charge on any atom is 0.351 e. The molecule has 1 aromatic heterocycles. The van der Waals surface area contributed by atoms with E-state index in [1.807, 2.05) is 0 Å². The van der Waals surface area contributed by atoms with Crippen LogP contribution >= 0.6 is 7.60 Å². The van der Waals surface area contributed by atoms with Gasteiger partial charge in [-0.3, -0.25) is 9.13 Å². The molecule has 0 bridgehead atoms. The molecule has 4 N–H and O–H groups in total. The third-order valence-corrected chi connectivity index (χ3v) is 4.13. The van der Waals surface area contributed by atoms with Gasteiger partial charge in [-0.2, -0.15) is 4.98 Å². The Bertz CT molecular complexity index is 659. The smallest absolute Gasteiger partial charge is 0.351 e. The van der Waals surface area contributed by atoms with Gasteiger partial charge in [0.1, 0.15) is 18.1 Å². The van der Waals surface area contributed by atoms with Crippen LogP contribution in [0.1, 0.15) is 18.2 Å². The van der Waals surface area contributed by atoms with Crippen molar-refractivity contribution in [3.63, 3.8) is 0 Å². The lowest BCUT2D eigenvalue weighted by Crippen LogP contribution is -2.29. The highest BCUT2D eigenvalue weighted by molar-refractivity contribution is 7.51. The first-order valence-electron chi connectivity index (χ1n) is 6.86. The van der Waals surface area contributed by atoms with Crippen LogP contribution in [0.4, 0.5) is 5.82 Å². The molecule has 1 aliphatic heterocycles. The Balaban J connectivity index is 2.19. The molecule has 11 heteroatoms. The summed E-state index contributed by atoms with van der Waals surface area (Å²) < 4.78 is 28.3. The molecule has 0 radical (unpaired) electrons. The minimum absolute atomic E-state index is 0.0397. The summed E-state index contributed by atoms with van der Waals surface area (Å²) >= 11 is 0. The van der Waals surface area contributed by atoms with E-state index in [1.165, 1.54) is 17.9 Å². The highest BCUT2D eigenvalue weighted by Gasteiger charge is 2.38. The summed E-state index contributed by atoms with van der Waals surface area (Å²) in [4.78, 5) is 24.8. The summed E-state index contributed by atoms with van der Waals surface area (Å²) in [5.41, 5.74) is 5.23. The molecule has 130 valence electrons. The lowest BCUT2D eigenvalue weighted by molar-refractivity contribution is -0.0499. The molecule has 2 heterocycles. The van der Waals surface area contributed by atoms with Crippen molar-refractivity contribution < 1.29 is 28.6 Å². The summed E-state index contributed by atoms with van der Waals surface area (Å²) in [6, 6.07) is 0. The van der Waals surface area contributed by atoms with Gasteiger partial charge in [0.05, 0.1) is 19.3 Å². The number of rotatable bonds is 6. The van der Waals surface area contributed by atoms with Crippen LogP contribution in [0.25, 0.3) is 0 Å². The van der Waals surface area contributed by atoms with Crippen LogP contribution in [0.3, 0.4) is 0 Å². The van der Waals surface area contributed by atoms with Gasteiger partial charge in [-0.05, 0) is 0 Å². The maximum atomic E-state index is 12.0. The Labute approximate surface area is 132 Å². The van der Waals surface area contributed by atoms with Crippen molar-refractivity contribution in [3.8, 4) is 0 Å². The highest BCUT2D eigenvalue weighted by Crippen LogP contribution is 2.39. The number of hydrogen-bond acceptors (Lipinski definition) is 8. The number of aliphatic hydroxyl groups is 1. The average Bonchev–Trinajstić information content (AvgIpc) is 2.87. The second-order valence-corrected chi connectivity index (χ2v) is 7.10. The molecule has 0 spiro atoms. The summed E-state index contributed by atoms with van der Waals surface area (Å²) in [7, 11) is -2.17. The Hall–Kier alpha value is -1.29. The summed E-state index contributed by atoms with van der Waals surface area (Å²) in [6.45, 7) is 0.558. The van der Waals surface area contributed by atoms with Crippen molar-refractivity contribution in [2.75, 3.05) is 26.1 Å². The van der Waals surface area contributed by atoms with Crippen LogP contribution in [-0.2, 0) is 25.2 Å². The number of hydrogen-bond donors (Lipinski definition) is 3. The van der Waals surface area contributed by atoms with Crippen LogP contribution in [0.5, 0.6) is 0 Å². The predicted octanol–water partition coefficient (Wildman–Crippen LogP) is -0.548. The summed E-state index contributed by atoms with van der Waals surface area (Å²) in [6.07, 6.45) is -0.0435. The molecule has 1 unspecified atom stereocenters. The molecule has 0 aromatic carbocycles. The van der Waals surface area contributed by atoms with E-state index >= 15 is 0 Å². The van der Waals surface area contributed by atoms with E-state index in [0.29, 0.717) is 12.0 Å². The monoisotopic (exact) mass is 349 g/mol. The van der Waals surface area contributed by atoms with Gasteiger partial charge in [0.25, 0.3) is 0 Å².